The summed E-state index contributed by atoms with van der Waals surface area (Å²) >= 11 is 1.91. The molecular formula is C14H22O3S. The molecule has 0 aliphatic rings. The van der Waals surface area contributed by atoms with Gasteiger partial charge >= 0.3 is 0 Å². The lowest BCUT2D eigenvalue weighted by Crippen LogP contribution is -2.03. The summed E-state index contributed by atoms with van der Waals surface area (Å²) in [5, 5.41) is 9.68. The minimum absolute atomic E-state index is 0.532. The van der Waals surface area contributed by atoms with Gasteiger partial charge in [-0.2, -0.15) is 11.8 Å². The fourth-order valence-corrected chi connectivity index (χ4v) is 2.21. The summed E-state index contributed by atoms with van der Waals surface area (Å²) in [5.74, 6) is 3.70. The molecule has 0 aromatic heterocycles. The monoisotopic (exact) mass is 270 g/mol. The van der Waals surface area contributed by atoms with E-state index in [0.29, 0.717) is 12.4 Å². The maximum Gasteiger partial charge on any atom is 0.128 e. The van der Waals surface area contributed by atoms with Crippen molar-refractivity contribution in [3.05, 3.63) is 23.8 Å². The van der Waals surface area contributed by atoms with Gasteiger partial charge in [-0.25, -0.2) is 0 Å². The van der Waals surface area contributed by atoms with E-state index in [-0.39, 0.29) is 0 Å². The largest absolute Gasteiger partial charge is 0.497 e. The van der Waals surface area contributed by atoms with Crippen LogP contribution in [0.4, 0.5) is 0 Å². The molecule has 1 aromatic carbocycles. The van der Waals surface area contributed by atoms with Crippen LogP contribution in [0.5, 0.6) is 11.5 Å². The van der Waals surface area contributed by atoms with E-state index in [1.807, 2.05) is 30.0 Å². The van der Waals surface area contributed by atoms with Gasteiger partial charge in [-0.15, -0.1) is 0 Å². The molecule has 0 heterocycles. The number of rotatable bonds is 8. The van der Waals surface area contributed by atoms with Gasteiger partial charge in [-0.1, -0.05) is 6.92 Å². The van der Waals surface area contributed by atoms with Crippen LogP contribution in [0.15, 0.2) is 18.2 Å². The molecule has 0 radical (unpaired) electrons. The number of thioether (sulfide) groups is 1. The number of aliphatic hydroxyl groups is 1. The van der Waals surface area contributed by atoms with Crippen molar-refractivity contribution in [3.63, 3.8) is 0 Å². The average molecular weight is 270 g/mol. The number of hydrogen-bond acceptors (Lipinski definition) is 4. The molecular weight excluding hydrogens is 248 g/mol. The summed E-state index contributed by atoms with van der Waals surface area (Å²) in [6.07, 6.45) is 0.477. The molecule has 18 heavy (non-hydrogen) atoms. The lowest BCUT2D eigenvalue weighted by Gasteiger charge is -2.14. The first-order chi connectivity index (χ1) is 8.69. The molecule has 0 spiro atoms. The van der Waals surface area contributed by atoms with Crippen molar-refractivity contribution < 1.29 is 14.6 Å². The van der Waals surface area contributed by atoms with Crippen LogP contribution in [-0.2, 0) is 0 Å². The Balaban J connectivity index is 2.60. The van der Waals surface area contributed by atoms with Crippen LogP contribution in [0.25, 0.3) is 0 Å². The number of ether oxygens (including phenoxy) is 2. The minimum Gasteiger partial charge on any atom is -0.497 e. The zero-order valence-electron chi connectivity index (χ0n) is 11.3. The molecule has 1 N–H and O–H groups in total. The number of hydrogen-bond donors (Lipinski definition) is 1. The molecule has 0 saturated heterocycles. The second-order valence-electron chi connectivity index (χ2n) is 3.98. The number of methoxy groups -OCH3 is 1. The van der Waals surface area contributed by atoms with E-state index in [0.717, 1.165) is 29.2 Å². The van der Waals surface area contributed by atoms with E-state index in [4.69, 9.17) is 9.47 Å². The smallest absolute Gasteiger partial charge is 0.128 e. The van der Waals surface area contributed by atoms with Gasteiger partial charge < -0.3 is 14.6 Å². The lowest BCUT2D eigenvalue weighted by atomic mass is 10.1. The molecule has 102 valence electrons. The van der Waals surface area contributed by atoms with Gasteiger partial charge in [0.1, 0.15) is 11.5 Å². The van der Waals surface area contributed by atoms with Crippen LogP contribution in [0.2, 0.25) is 0 Å². The first-order valence-electron chi connectivity index (χ1n) is 6.25. The summed E-state index contributed by atoms with van der Waals surface area (Å²) in [5.41, 5.74) is 0.805. The van der Waals surface area contributed by atoms with E-state index < -0.39 is 6.10 Å². The Labute approximate surface area is 113 Å². The van der Waals surface area contributed by atoms with Gasteiger partial charge in [0.2, 0.25) is 0 Å². The molecule has 4 heteroatoms. The molecule has 0 aliphatic heterocycles. The Morgan fingerprint density at radius 2 is 2.17 bits per heavy atom. The normalized spacial score (nSPS) is 12.2. The van der Waals surface area contributed by atoms with Gasteiger partial charge in [0.05, 0.1) is 19.8 Å². The average Bonchev–Trinajstić information content (AvgIpc) is 2.38. The third kappa shape index (κ3) is 4.78. The molecule has 0 saturated carbocycles. The van der Waals surface area contributed by atoms with Crippen molar-refractivity contribution in [2.24, 2.45) is 0 Å². The molecule has 1 rings (SSSR count). The van der Waals surface area contributed by atoms with Crippen molar-refractivity contribution in [1.29, 1.82) is 0 Å². The highest BCUT2D eigenvalue weighted by atomic mass is 32.2. The fourth-order valence-electron chi connectivity index (χ4n) is 1.60. The van der Waals surface area contributed by atoms with Gasteiger partial charge in [-0.05, 0) is 37.0 Å². The van der Waals surface area contributed by atoms with E-state index in [9.17, 15) is 5.11 Å². The first kappa shape index (κ1) is 15.2. The second-order valence-corrected chi connectivity index (χ2v) is 5.37. The van der Waals surface area contributed by atoms with E-state index >= 15 is 0 Å². The van der Waals surface area contributed by atoms with Crippen LogP contribution in [0.1, 0.15) is 31.9 Å². The molecule has 1 unspecified atom stereocenters. The topological polar surface area (TPSA) is 38.7 Å². The summed E-state index contributed by atoms with van der Waals surface area (Å²) < 4.78 is 10.9. The Bertz CT molecular complexity index is 353. The van der Waals surface area contributed by atoms with Crippen molar-refractivity contribution in [1.82, 2.24) is 0 Å². The molecule has 3 nitrogen and oxygen atoms in total. The van der Waals surface area contributed by atoms with Gasteiger partial charge in [0.25, 0.3) is 0 Å². The maximum absolute atomic E-state index is 9.68. The van der Waals surface area contributed by atoms with E-state index in [1.54, 1.807) is 14.0 Å². The summed E-state index contributed by atoms with van der Waals surface area (Å²) in [4.78, 5) is 0. The van der Waals surface area contributed by atoms with Crippen LogP contribution >= 0.6 is 11.8 Å². The molecule has 0 bridgehead atoms. The third-order valence-electron chi connectivity index (χ3n) is 2.57. The Hall–Kier alpha value is -0.870. The summed E-state index contributed by atoms with van der Waals surface area (Å²) in [6, 6.07) is 5.51. The Kier molecular flexibility index (Phi) is 6.98. The van der Waals surface area contributed by atoms with Gasteiger partial charge in [-0.3, -0.25) is 0 Å². The first-order valence-corrected chi connectivity index (χ1v) is 7.41. The number of benzene rings is 1. The van der Waals surface area contributed by atoms with Gasteiger partial charge in [0, 0.05) is 11.6 Å². The fraction of sp³-hybridized carbons (Fsp3) is 0.571. The predicted molar refractivity (Wildman–Crippen MR) is 76.7 cm³/mol. The highest BCUT2D eigenvalue weighted by molar-refractivity contribution is 7.99. The van der Waals surface area contributed by atoms with E-state index in [2.05, 4.69) is 6.92 Å². The van der Waals surface area contributed by atoms with Gasteiger partial charge in [0.15, 0.2) is 0 Å². The van der Waals surface area contributed by atoms with Crippen molar-refractivity contribution in [2.75, 3.05) is 25.2 Å². The highest BCUT2D eigenvalue weighted by Gasteiger charge is 2.10. The molecule has 0 amide bonds. The molecule has 1 atom stereocenters. The second kappa shape index (κ2) is 8.27. The quantitative estimate of drug-likeness (QED) is 0.736. The molecule has 1 aromatic rings. The third-order valence-corrected chi connectivity index (χ3v) is 3.55. The van der Waals surface area contributed by atoms with E-state index in [1.165, 1.54) is 0 Å². The number of aliphatic hydroxyl groups excluding tert-OH is 1. The predicted octanol–water partition coefficient (Wildman–Crippen LogP) is 3.27. The Morgan fingerprint density at radius 1 is 1.39 bits per heavy atom. The van der Waals surface area contributed by atoms with Crippen molar-refractivity contribution >= 4 is 11.8 Å². The van der Waals surface area contributed by atoms with Crippen LogP contribution in [0.3, 0.4) is 0 Å². The van der Waals surface area contributed by atoms with Crippen molar-refractivity contribution in [2.45, 2.75) is 26.4 Å². The maximum atomic E-state index is 9.68. The zero-order chi connectivity index (χ0) is 13.4. The molecule has 0 fully saturated rings. The standard InChI is InChI=1S/C14H22O3S/c1-4-18-9-5-8-17-14-10-12(16-3)6-7-13(14)11(2)15/h6-7,10-11,15H,4-5,8-9H2,1-3H3. The Morgan fingerprint density at radius 3 is 2.78 bits per heavy atom. The van der Waals surface area contributed by atoms with Crippen LogP contribution in [0, 0.1) is 0 Å². The van der Waals surface area contributed by atoms with Crippen LogP contribution in [-0.4, -0.2) is 30.3 Å². The molecule has 0 aliphatic carbocycles. The van der Waals surface area contributed by atoms with Crippen LogP contribution < -0.4 is 9.47 Å². The summed E-state index contributed by atoms with van der Waals surface area (Å²) in [6.45, 7) is 4.56. The summed E-state index contributed by atoms with van der Waals surface area (Å²) in [7, 11) is 1.62. The zero-order valence-corrected chi connectivity index (χ0v) is 12.1. The lowest BCUT2D eigenvalue weighted by molar-refractivity contribution is 0.191. The minimum atomic E-state index is -0.532. The van der Waals surface area contributed by atoms with Crippen molar-refractivity contribution in [3.8, 4) is 11.5 Å². The highest BCUT2D eigenvalue weighted by Crippen LogP contribution is 2.29. The SMILES string of the molecule is CCSCCCOc1cc(OC)ccc1C(C)O.